The maximum Gasteiger partial charge on any atom is 0.163 e. The fourth-order valence-corrected chi connectivity index (χ4v) is 1.13. The Bertz CT molecular complexity index is 325. The zero-order valence-electron chi connectivity index (χ0n) is 7.85. The number of carbonyl (C=O) groups is 2. The van der Waals surface area contributed by atoms with Crippen LogP contribution in [0.25, 0.3) is 0 Å². The summed E-state index contributed by atoms with van der Waals surface area (Å²) in [6.07, 6.45) is 4.90. The van der Waals surface area contributed by atoms with E-state index in [9.17, 15) is 9.59 Å². The van der Waals surface area contributed by atoms with Crippen molar-refractivity contribution in [2.24, 2.45) is 0 Å². The first-order chi connectivity index (χ1) is 6.84. The summed E-state index contributed by atoms with van der Waals surface area (Å²) in [5.41, 5.74) is 0.729. The van der Waals surface area contributed by atoms with Crippen LogP contribution in [-0.2, 0) is 4.79 Å². The molecule has 0 aliphatic heterocycles. The van der Waals surface area contributed by atoms with Gasteiger partial charge in [0.2, 0.25) is 0 Å². The molecule has 14 heavy (non-hydrogen) atoms. The predicted octanol–water partition coefficient (Wildman–Crippen LogP) is 2.40. The smallest absolute Gasteiger partial charge is 0.163 e. The van der Waals surface area contributed by atoms with Crippen molar-refractivity contribution in [1.29, 1.82) is 0 Å². The van der Waals surface area contributed by atoms with E-state index in [0.29, 0.717) is 19.1 Å². The molecule has 2 heteroatoms. The summed E-state index contributed by atoms with van der Waals surface area (Å²) in [6, 6.07) is 9.16. The van der Waals surface area contributed by atoms with Crippen molar-refractivity contribution in [2.45, 2.75) is 12.8 Å². The van der Waals surface area contributed by atoms with Crippen molar-refractivity contribution in [3.63, 3.8) is 0 Å². The Labute approximate surface area is 83.3 Å². The Morgan fingerprint density at radius 1 is 1.21 bits per heavy atom. The summed E-state index contributed by atoms with van der Waals surface area (Å²) in [5.74, 6) is 0.112. The van der Waals surface area contributed by atoms with Gasteiger partial charge >= 0.3 is 0 Å². The van der Waals surface area contributed by atoms with Crippen molar-refractivity contribution in [2.75, 3.05) is 0 Å². The molecule has 0 radical (unpaired) electrons. The van der Waals surface area contributed by atoms with Gasteiger partial charge in [0.25, 0.3) is 0 Å². The van der Waals surface area contributed by atoms with Gasteiger partial charge in [-0.3, -0.25) is 9.59 Å². The van der Waals surface area contributed by atoms with Crippen LogP contribution in [0.15, 0.2) is 42.5 Å². The van der Waals surface area contributed by atoms with Crippen LogP contribution >= 0.6 is 0 Å². The fourth-order valence-electron chi connectivity index (χ4n) is 1.13. The van der Waals surface area contributed by atoms with Gasteiger partial charge in [0.05, 0.1) is 0 Å². The third-order valence-corrected chi connectivity index (χ3v) is 1.85. The van der Waals surface area contributed by atoms with Crippen molar-refractivity contribution < 1.29 is 9.59 Å². The molecule has 0 aliphatic carbocycles. The molecule has 0 bridgehead atoms. The molecule has 0 spiro atoms. The predicted molar refractivity (Wildman–Crippen MR) is 55.2 cm³/mol. The van der Waals surface area contributed by atoms with Gasteiger partial charge in [-0.2, -0.15) is 0 Å². The van der Waals surface area contributed by atoms with Crippen LogP contribution in [0, 0.1) is 0 Å². The highest BCUT2D eigenvalue weighted by atomic mass is 16.1. The van der Waals surface area contributed by atoms with E-state index in [0.717, 1.165) is 5.56 Å². The van der Waals surface area contributed by atoms with Gasteiger partial charge in [-0.15, -0.1) is 0 Å². The zero-order chi connectivity index (χ0) is 10.2. The molecule has 0 aliphatic rings. The van der Waals surface area contributed by atoms with Gasteiger partial charge in [0, 0.05) is 12.0 Å². The van der Waals surface area contributed by atoms with Gasteiger partial charge in [-0.05, 0) is 12.5 Å². The standard InChI is InChI=1S/C12H12O2/c13-10-6-2-5-9-12(14)11-7-3-1-4-8-11/h1-4,6-8,10H,5,9H2/b6-2+. The Hall–Kier alpha value is -1.70. The quantitative estimate of drug-likeness (QED) is 0.404. The summed E-state index contributed by atoms with van der Waals surface area (Å²) in [6.45, 7) is 0. The van der Waals surface area contributed by atoms with E-state index < -0.39 is 0 Å². The molecule has 0 saturated carbocycles. The molecule has 0 unspecified atom stereocenters. The molecule has 72 valence electrons. The molecular formula is C12H12O2. The van der Waals surface area contributed by atoms with Crippen LogP contribution < -0.4 is 0 Å². The highest BCUT2D eigenvalue weighted by Gasteiger charge is 2.02. The van der Waals surface area contributed by atoms with Crippen LogP contribution in [0.1, 0.15) is 23.2 Å². The molecule has 0 heterocycles. The fraction of sp³-hybridized carbons (Fsp3) is 0.167. The third kappa shape index (κ3) is 3.35. The second kappa shape index (κ2) is 5.86. The molecule has 2 nitrogen and oxygen atoms in total. The highest BCUT2D eigenvalue weighted by Crippen LogP contribution is 2.04. The minimum Gasteiger partial charge on any atom is -0.299 e. The maximum atomic E-state index is 11.5. The van der Waals surface area contributed by atoms with Crippen molar-refractivity contribution in [3.8, 4) is 0 Å². The topological polar surface area (TPSA) is 34.1 Å². The molecule has 0 atom stereocenters. The van der Waals surface area contributed by atoms with Crippen molar-refractivity contribution in [1.82, 2.24) is 0 Å². The lowest BCUT2D eigenvalue weighted by Crippen LogP contribution is -1.97. The SMILES string of the molecule is O=C/C=C/CCC(=O)c1ccccc1. The number of Topliss-reactive ketones (excluding diaryl/α,β-unsaturated/α-hetero) is 1. The number of carbonyl (C=O) groups excluding carboxylic acids is 2. The van der Waals surface area contributed by atoms with Crippen LogP contribution in [0.5, 0.6) is 0 Å². The van der Waals surface area contributed by atoms with Gasteiger partial charge in [0.15, 0.2) is 5.78 Å². The lowest BCUT2D eigenvalue weighted by molar-refractivity contribution is -0.104. The summed E-state index contributed by atoms with van der Waals surface area (Å²) in [4.78, 5) is 21.4. The Kier molecular flexibility index (Phi) is 4.35. The minimum absolute atomic E-state index is 0.112. The molecule has 0 saturated heterocycles. The lowest BCUT2D eigenvalue weighted by atomic mass is 10.1. The molecule has 1 rings (SSSR count). The molecule has 0 amide bonds. The highest BCUT2D eigenvalue weighted by molar-refractivity contribution is 5.96. The average Bonchev–Trinajstić information content (AvgIpc) is 2.25. The second-order valence-electron chi connectivity index (χ2n) is 2.89. The second-order valence-corrected chi connectivity index (χ2v) is 2.89. The van der Waals surface area contributed by atoms with Gasteiger partial charge in [-0.1, -0.05) is 36.4 Å². The molecule has 1 aromatic carbocycles. The number of ketones is 1. The van der Waals surface area contributed by atoms with E-state index >= 15 is 0 Å². The number of benzene rings is 1. The summed E-state index contributed by atoms with van der Waals surface area (Å²) in [7, 11) is 0. The van der Waals surface area contributed by atoms with Crippen molar-refractivity contribution in [3.05, 3.63) is 48.0 Å². The molecule has 0 aromatic heterocycles. The third-order valence-electron chi connectivity index (χ3n) is 1.85. The minimum atomic E-state index is 0.112. The normalized spacial score (nSPS) is 10.3. The van der Waals surface area contributed by atoms with Crippen LogP contribution in [0.3, 0.4) is 0 Å². The Morgan fingerprint density at radius 3 is 2.57 bits per heavy atom. The molecular weight excluding hydrogens is 176 g/mol. The van der Waals surface area contributed by atoms with E-state index in [4.69, 9.17) is 0 Å². The number of allylic oxidation sites excluding steroid dienone is 2. The lowest BCUT2D eigenvalue weighted by Gasteiger charge is -1.96. The largest absolute Gasteiger partial charge is 0.299 e. The van der Waals surface area contributed by atoms with E-state index in [1.54, 1.807) is 18.2 Å². The van der Waals surface area contributed by atoms with E-state index in [1.807, 2.05) is 18.2 Å². The first-order valence-corrected chi connectivity index (χ1v) is 4.53. The summed E-state index contributed by atoms with van der Waals surface area (Å²) >= 11 is 0. The molecule has 0 fully saturated rings. The van der Waals surface area contributed by atoms with Crippen LogP contribution in [0.2, 0.25) is 0 Å². The zero-order valence-corrected chi connectivity index (χ0v) is 7.85. The van der Waals surface area contributed by atoms with Crippen molar-refractivity contribution >= 4 is 12.1 Å². The van der Waals surface area contributed by atoms with E-state index in [-0.39, 0.29) is 5.78 Å². The number of rotatable bonds is 5. The summed E-state index contributed by atoms with van der Waals surface area (Å²) in [5, 5.41) is 0. The number of hydrogen-bond acceptors (Lipinski definition) is 2. The van der Waals surface area contributed by atoms with Gasteiger partial charge in [0.1, 0.15) is 6.29 Å². The van der Waals surface area contributed by atoms with Gasteiger partial charge < -0.3 is 0 Å². The average molecular weight is 188 g/mol. The monoisotopic (exact) mass is 188 g/mol. The Morgan fingerprint density at radius 2 is 1.93 bits per heavy atom. The number of hydrogen-bond donors (Lipinski definition) is 0. The van der Waals surface area contributed by atoms with E-state index in [1.165, 1.54) is 6.08 Å². The molecule has 0 N–H and O–H groups in total. The first kappa shape index (κ1) is 10.4. The maximum absolute atomic E-state index is 11.5. The molecule has 1 aromatic rings. The first-order valence-electron chi connectivity index (χ1n) is 4.53. The Balaban J connectivity index is 2.43. The van der Waals surface area contributed by atoms with Crippen LogP contribution in [0.4, 0.5) is 0 Å². The van der Waals surface area contributed by atoms with Gasteiger partial charge in [-0.25, -0.2) is 0 Å². The number of aldehydes is 1. The van der Waals surface area contributed by atoms with E-state index in [2.05, 4.69) is 0 Å². The summed E-state index contributed by atoms with van der Waals surface area (Å²) < 4.78 is 0. The van der Waals surface area contributed by atoms with Crippen LogP contribution in [-0.4, -0.2) is 12.1 Å².